The van der Waals surface area contributed by atoms with Gasteiger partial charge >= 0.3 is 6.55 Å². The zero-order valence-corrected chi connectivity index (χ0v) is 12.4. The minimum Gasteiger partial charge on any atom is -0.486 e. The zero-order valence-electron chi connectivity index (χ0n) is 10.8. The molecule has 0 spiro atoms. The van der Waals surface area contributed by atoms with E-state index in [1.807, 2.05) is 36.4 Å². The van der Waals surface area contributed by atoms with Crippen molar-refractivity contribution in [2.75, 3.05) is 0 Å². The molecule has 1 heterocycles. The van der Waals surface area contributed by atoms with Crippen LogP contribution in [0.25, 0.3) is 10.8 Å². The van der Waals surface area contributed by atoms with Crippen molar-refractivity contribution in [3.05, 3.63) is 59.1 Å². The summed E-state index contributed by atoms with van der Waals surface area (Å²) in [6.45, 7) is -2.61. The molecule has 0 saturated heterocycles. The largest absolute Gasteiger partial charge is 0.486 e. The van der Waals surface area contributed by atoms with E-state index in [4.69, 9.17) is 4.74 Å². The number of imidazole rings is 1. The SMILES string of the molecule is FC(F)n1ccnc1COc1ccc2cc(Br)ccc2c1. The third-order valence-electron chi connectivity index (χ3n) is 3.10. The van der Waals surface area contributed by atoms with Gasteiger partial charge in [0.1, 0.15) is 12.4 Å². The molecule has 0 radical (unpaired) electrons. The van der Waals surface area contributed by atoms with E-state index in [1.54, 1.807) is 0 Å². The Morgan fingerprint density at radius 3 is 2.71 bits per heavy atom. The molecule has 0 fully saturated rings. The second-order valence-electron chi connectivity index (χ2n) is 4.47. The average molecular weight is 353 g/mol. The van der Waals surface area contributed by atoms with Crippen molar-refractivity contribution >= 4 is 26.7 Å². The van der Waals surface area contributed by atoms with Crippen molar-refractivity contribution in [1.82, 2.24) is 9.55 Å². The summed E-state index contributed by atoms with van der Waals surface area (Å²) in [5.74, 6) is 0.814. The maximum atomic E-state index is 12.7. The average Bonchev–Trinajstić information content (AvgIpc) is 2.93. The lowest BCUT2D eigenvalue weighted by molar-refractivity contribution is 0.0632. The fourth-order valence-corrected chi connectivity index (χ4v) is 2.44. The molecule has 3 nitrogen and oxygen atoms in total. The molecular weight excluding hydrogens is 342 g/mol. The molecular formula is C15H11BrF2N2O. The summed E-state index contributed by atoms with van der Waals surface area (Å²) < 4.78 is 32.7. The van der Waals surface area contributed by atoms with E-state index in [1.165, 1.54) is 12.4 Å². The predicted molar refractivity (Wildman–Crippen MR) is 79.5 cm³/mol. The Labute approximate surface area is 128 Å². The van der Waals surface area contributed by atoms with Crippen molar-refractivity contribution in [3.8, 4) is 5.75 Å². The Balaban J connectivity index is 1.79. The lowest BCUT2D eigenvalue weighted by Gasteiger charge is -2.09. The second kappa shape index (κ2) is 5.81. The highest BCUT2D eigenvalue weighted by Crippen LogP contribution is 2.24. The number of benzene rings is 2. The number of halogens is 3. The molecule has 0 bridgehead atoms. The van der Waals surface area contributed by atoms with E-state index < -0.39 is 6.55 Å². The van der Waals surface area contributed by atoms with Crippen molar-refractivity contribution in [1.29, 1.82) is 0 Å². The van der Waals surface area contributed by atoms with E-state index in [0.29, 0.717) is 5.75 Å². The molecule has 21 heavy (non-hydrogen) atoms. The molecule has 0 aliphatic rings. The van der Waals surface area contributed by atoms with E-state index in [2.05, 4.69) is 20.9 Å². The van der Waals surface area contributed by atoms with Crippen molar-refractivity contribution < 1.29 is 13.5 Å². The van der Waals surface area contributed by atoms with Crippen LogP contribution in [0, 0.1) is 0 Å². The molecule has 0 aliphatic carbocycles. The van der Waals surface area contributed by atoms with Crippen LogP contribution >= 0.6 is 15.9 Å². The molecule has 0 saturated carbocycles. The van der Waals surface area contributed by atoms with Gasteiger partial charge in [-0.05, 0) is 35.0 Å². The zero-order chi connectivity index (χ0) is 14.8. The Hall–Kier alpha value is -1.95. The van der Waals surface area contributed by atoms with E-state index in [0.717, 1.165) is 19.8 Å². The van der Waals surface area contributed by atoms with Crippen molar-refractivity contribution in [2.45, 2.75) is 13.2 Å². The molecule has 0 unspecified atom stereocenters. The first kappa shape index (κ1) is 14.0. The number of ether oxygens (including phenoxy) is 1. The highest BCUT2D eigenvalue weighted by atomic mass is 79.9. The lowest BCUT2D eigenvalue weighted by Crippen LogP contribution is -2.07. The maximum Gasteiger partial charge on any atom is 0.320 e. The number of rotatable bonds is 4. The molecule has 3 aromatic rings. The molecule has 2 aromatic carbocycles. The van der Waals surface area contributed by atoms with Gasteiger partial charge in [0.05, 0.1) is 0 Å². The standard InChI is InChI=1S/C15H11BrF2N2O/c16-12-3-1-11-8-13(4-2-10(11)7-12)21-9-14-19-5-6-20(14)15(17)18/h1-8,15H,9H2. The summed E-state index contributed by atoms with van der Waals surface area (Å²) in [5.41, 5.74) is 0. The van der Waals surface area contributed by atoms with Crippen LogP contribution < -0.4 is 4.74 Å². The van der Waals surface area contributed by atoms with E-state index >= 15 is 0 Å². The van der Waals surface area contributed by atoms with Gasteiger partial charge in [-0.3, -0.25) is 4.57 Å². The minimum absolute atomic E-state index is 0.000620. The fraction of sp³-hybridized carbons (Fsp3) is 0.133. The molecule has 0 aliphatic heterocycles. The van der Waals surface area contributed by atoms with Gasteiger partial charge in [0.15, 0.2) is 5.82 Å². The molecule has 0 N–H and O–H groups in total. The van der Waals surface area contributed by atoms with Gasteiger partial charge in [0, 0.05) is 16.9 Å². The summed E-state index contributed by atoms with van der Waals surface area (Å²) >= 11 is 3.42. The van der Waals surface area contributed by atoms with Gasteiger partial charge in [-0.1, -0.05) is 28.1 Å². The molecule has 108 valence electrons. The summed E-state index contributed by atoms with van der Waals surface area (Å²) in [5, 5.41) is 2.10. The monoisotopic (exact) mass is 352 g/mol. The number of fused-ring (bicyclic) bond motifs is 1. The smallest absolute Gasteiger partial charge is 0.320 e. The second-order valence-corrected chi connectivity index (χ2v) is 5.39. The fourth-order valence-electron chi connectivity index (χ4n) is 2.07. The van der Waals surface area contributed by atoms with Crippen LogP contribution in [0.2, 0.25) is 0 Å². The third-order valence-corrected chi connectivity index (χ3v) is 3.59. The molecule has 0 amide bonds. The van der Waals surface area contributed by atoms with Crippen LogP contribution in [0.1, 0.15) is 12.4 Å². The number of hydrogen-bond donors (Lipinski definition) is 0. The first-order chi connectivity index (χ1) is 10.1. The predicted octanol–water partition coefficient (Wildman–Crippen LogP) is 4.77. The number of aromatic nitrogens is 2. The Kier molecular flexibility index (Phi) is 3.88. The highest BCUT2D eigenvalue weighted by molar-refractivity contribution is 9.10. The molecule has 6 heteroatoms. The van der Waals surface area contributed by atoms with Gasteiger partial charge in [0.25, 0.3) is 0 Å². The van der Waals surface area contributed by atoms with Crippen LogP contribution in [0.3, 0.4) is 0 Å². The summed E-state index contributed by atoms with van der Waals surface area (Å²) in [6.07, 6.45) is 2.57. The lowest BCUT2D eigenvalue weighted by atomic mass is 10.1. The first-order valence-corrected chi connectivity index (χ1v) is 7.05. The van der Waals surface area contributed by atoms with Crippen LogP contribution in [0.4, 0.5) is 8.78 Å². The number of hydrogen-bond acceptors (Lipinski definition) is 2. The van der Waals surface area contributed by atoms with Gasteiger partial charge in [-0.25, -0.2) is 4.98 Å². The Bertz CT molecular complexity index is 773. The normalized spacial score (nSPS) is 11.2. The van der Waals surface area contributed by atoms with Crippen molar-refractivity contribution in [3.63, 3.8) is 0 Å². The van der Waals surface area contributed by atoms with E-state index in [-0.39, 0.29) is 12.4 Å². The first-order valence-electron chi connectivity index (χ1n) is 6.25. The third kappa shape index (κ3) is 3.05. The summed E-state index contributed by atoms with van der Waals surface area (Å²) in [4.78, 5) is 3.88. The summed E-state index contributed by atoms with van der Waals surface area (Å²) in [7, 11) is 0. The quantitative estimate of drug-likeness (QED) is 0.675. The topological polar surface area (TPSA) is 27.1 Å². The molecule has 3 rings (SSSR count). The van der Waals surface area contributed by atoms with Crippen LogP contribution in [-0.2, 0) is 6.61 Å². The van der Waals surface area contributed by atoms with Gasteiger partial charge in [0.2, 0.25) is 0 Å². The molecule has 1 aromatic heterocycles. The van der Waals surface area contributed by atoms with Crippen LogP contribution in [-0.4, -0.2) is 9.55 Å². The number of alkyl halides is 2. The van der Waals surface area contributed by atoms with Crippen LogP contribution in [0.5, 0.6) is 5.75 Å². The van der Waals surface area contributed by atoms with Gasteiger partial charge in [-0.15, -0.1) is 0 Å². The Morgan fingerprint density at radius 1 is 1.14 bits per heavy atom. The Morgan fingerprint density at radius 2 is 1.90 bits per heavy atom. The van der Waals surface area contributed by atoms with E-state index in [9.17, 15) is 8.78 Å². The van der Waals surface area contributed by atoms with Crippen LogP contribution in [0.15, 0.2) is 53.3 Å². The molecule has 0 atom stereocenters. The number of nitrogens with zero attached hydrogens (tertiary/aromatic N) is 2. The van der Waals surface area contributed by atoms with Gasteiger partial charge < -0.3 is 4.74 Å². The van der Waals surface area contributed by atoms with Crippen molar-refractivity contribution in [2.24, 2.45) is 0 Å². The maximum absolute atomic E-state index is 12.7. The highest BCUT2D eigenvalue weighted by Gasteiger charge is 2.11. The minimum atomic E-state index is -2.61. The summed E-state index contributed by atoms with van der Waals surface area (Å²) in [6, 6.07) is 11.5. The van der Waals surface area contributed by atoms with Gasteiger partial charge in [-0.2, -0.15) is 8.78 Å².